The van der Waals surface area contributed by atoms with Crippen molar-refractivity contribution in [3.63, 3.8) is 0 Å². The van der Waals surface area contributed by atoms with Gasteiger partial charge in [-0.05, 0) is 43.7 Å². The minimum atomic E-state index is 0.121. The zero-order valence-corrected chi connectivity index (χ0v) is 12.3. The Balaban J connectivity index is 1.76. The second-order valence-corrected chi connectivity index (χ2v) is 6.44. The van der Waals surface area contributed by atoms with Crippen LogP contribution in [0.15, 0.2) is 18.2 Å². The minimum Gasteiger partial charge on any atom is -0.398 e. The molecule has 2 aliphatic rings. The van der Waals surface area contributed by atoms with E-state index in [0.717, 1.165) is 24.6 Å². The van der Waals surface area contributed by atoms with Crippen molar-refractivity contribution in [2.75, 3.05) is 18.8 Å². The van der Waals surface area contributed by atoms with Crippen LogP contribution in [0.5, 0.6) is 0 Å². The quantitative estimate of drug-likeness (QED) is 0.798. The van der Waals surface area contributed by atoms with Gasteiger partial charge in [-0.3, -0.25) is 4.79 Å². The molecule has 20 heavy (non-hydrogen) atoms. The van der Waals surface area contributed by atoms with Crippen LogP contribution in [-0.4, -0.2) is 23.9 Å². The highest BCUT2D eigenvalue weighted by Gasteiger charge is 2.33. The maximum atomic E-state index is 12.7. The van der Waals surface area contributed by atoms with E-state index in [2.05, 4.69) is 0 Å². The molecule has 0 bridgehead atoms. The van der Waals surface area contributed by atoms with Gasteiger partial charge in [0.05, 0.1) is 5.56 Å². The standard InChI is InChI=1S/C17H24N2O/c1-12-6-7-16(18)15(10-12)17(20)19-9-8-13-4-2-3-5-14(13)11-19/h6-7,10,13-14H,2-5,8-9,11,18H2,1H3. The smallest absolute Gasteiger partial charge is 0.255 e. The Morgan fingerprint density at radius 3 is 2.75 bits per heavy atom. The number of nitrogens with zero attached hydrogens (tertiary/aromatic N) is 1. The van der Waals surface area contributed by atoms with Crippen molar-refractivity contribution >= 4 is 11.6 Å². The molecule has 2 unspecified atom stereocenters. The molecule has 1 aromatic carbocycles. The van der Waals surface area contributed by atoms with Crippen molar-refractivity contribution in [3.8, 4) is 0 Å². The largest absolute Gasteiger partial charge is 0.398 e. The van der Waals surface area contributed by atoms with Crippen LogP contribution < -0.4 is 5.73 Å². The van der Waals surface area contributed by atoms with Gasteiger partial charge < -0.3 is 10.6 Å². The van der Waals surface area contributed by atoms with E-state index in [1.807, 2.05) is 30.0 Å². The van der Waals surface area contributed by atoms with E-state index in [1.54, 1.807) is 0 Å². The maximum Gasteiger partial charge on any atom is 0.255 e. The molecule has 2 N–H and O–H groups in total. The SMILES string of the molecule is Cc1ccc(N)c(C(=O)N2CCC3CCCCC3C2)c1. The van der Waals surface area contributed by atoms with Gasteiger partial charge in [-0.25, -0.2) is 0 Å². The van der Waals surface area contributed by atoms with Gasteiger partial charge in [0.1, 0.15) is 0 Å². The number of hydrogen-bond donors (Lipinski definition) is 1. The summed E-state index contributed by atoms with van der Waals surface area (Å²) >= 11 is 0. The van der Waals surface area contributed by atoms with Crippen LogP contribution in [0.25, 0.3) is 0 Å². The molecule has 3 rings (SSSR count). The van der Waals surface area contributed by atoms with Crippen molar-refractivity contribution in [1.82, 2.24) is 4.90 Å². The first-order valence-electron chi connectivity index (χ1n) is 7.80. The molecule has 3 nitrogen and oxygen atoms in total. The Labute approximate surface area is 121 Å². The summed E-state index contributed by atoms with van der Waals surface area (Å²) in [4.78, 5) is 14.7. The molecular weight excluding hydrogens is 248 g/mol. The number of benzene rings is 1. The molecule has 1 saturated heterocycles. The lowest BCUT2D eigenvalue weighted by atomic mass is 9.75. The molecular formula is C17H24N2O. The Kier molecular flexibility index (Phi) is 3.68. The Morgan fingerprint density at radius 1 is 1.20 bits per heavy atom. The normalized spacial score (nSPS) is 26.1. The molecule has 2 atom stereocenters. The molecule has 1 saturated carbocycles. The highest BCUT2D eigenvalue weighted by Crippen LogP contribution is 2.36. The topological polar surface area (TPSA) is 46.3 Å². The van der Waals surface area contributed by atoms with Crippen molar-refractivity contribution in [3.05, 3.63) is 29.3 Å². The summed E-state index contributed by atoms with van der Waals surface area (Å²) in [7, 11) is 0. The van der Waals surface area contributed by atoms with Gasteiger partial charge in [-0.2, -0.15) is 0 Å². The molecule has 108 valence electrons. The van der Waals surface area contributed by atoms with Gasteiger partial charge in [0, 0.05) is 18.8 Å². The van der Waals surface area contributed by atoms with E-state index in [9.17, 15) is 4.79 Å². The Hall–Kier alpha value is -1.51. The molecule has 1 aromatic rings. The van der Waals surface area contributed by atoms with E-state index in [1.165, 1.54) is 32.1 Å². The third-order valence-electron chi connectivity index (χ3n) is 5.02. The van der Waals surface area contributed by atoms with Crippen molar-refractivity contribution in [1.29, 1.82) is 0 Å². The molecule has 0 radical (unpaired) electrons. The number of carbonyl (C=O) groups excluding carboxylic acids is 1. The zero-order valence-electron chi connectivity index (χ0n) is 12.3. The first-order chi connectivity index (χ1) is 9.65. The lowest BCUT2D eigenvalue weighted by Crippen LogP contribution is -2.44. The number of piperidine rings is 1. The predicted octanol–water partition coefficient (Wildman–Crippen LogP) is 3.23. The van der Waals surface area contributed by atoms with Crippen LogP contribution in [0.2, 0.25) is 0 Å². The number of amides is 1. The first-order valence-corrected chi connectivity index (χ1v) is 7.80. The summed E-state index contributed by atoms with van der Waals surface area (Å²) in [5.41, 5.74) is 8.36. The average molecular weight is 272 g/mol. The summed E-state index contributed by atoms with van der Waals surface area (Å²) in [5.74, 6) is 1.69. The van der Waals surface area contributed by atoms with Crippen molar-refractivity contribution < 1.29 is 4.79 Å². The molecule has 1 aliphatic carbocycles. The van der Waals surface area contributed by atoms with Gasteiger partial charge in [-0.1, -0.05) is 30.9 Å². The fraction of sp³-hybridized carbons (Fsp3) is 0.588. The van der Waals surface area contributed by atoms with Crippen LogP contribution in [-0.2, 0) is 0 Å². The summed E-state index contributed by atoms with van der Waals surface area (Å²) in [6, 6.07) is 5.72. The van der Waals surface area contributed by atoms with Gasteiger partial charge in [0.15, 0.2) is 0 Å². The highest BCUT2D eigenvalue weighted by molar-refractivity contribution is 5.99. The molecule has 0 aromatic heterocycles. The summed E-state index contributed by atoms with van der Waals surface area (Å²) in [5, 5.41) is 0. The summed E-state index contributed by atoms with van der Waals surface area (Å²) in [6.07, 6.45) is 6.52. The number of nitrogen functional groups attached to an aromatic ring is 1. The zero-order chi connectivity index (χ0) is 14.1. The molecule has 1 amide bonds. The van der Waals surface area contributed by atoms with Crippen LogP contribution >= 0.6 is 0 Å². The van der Waals surface area contributed by atoms with Crippen LogP contribution in [0.3, 0.4) is 0 Å². The second-order valence-electron chi connectivity index (χ2n) is 6.44. The predicted molar refractivity (Wildman–Crippen MR) is 81.6 cm³/mol. The van der Waals surface area contributed by atoms with Crippen LogP contribution in [0.4, 0.5) is 5.69 Å². The number of hydrogen-bond acceptors (Lipinski definition) is 2. The third kappa shape index (κ3) is 2.54. The minimum absolute atomic E-state index is 0.121. The number of fused-ring (bicyclic) bond motifs is 1. The highest BCUT2D eigenvalue weighted by atomic mass is 16.2. The molecule has 2 fully saturated rings. The third-order valence-corrected chi connectivity index (χ3v) is 5.02. The number of nitrogens with two attached hydrogens (primary N) is 1. The van der Waals surface area contributed by atoms with Gasteiger partial charge >= 0.3 is 0 Å². The molecule has 0 spiro atoms. The number of anilines is 1. The van der Waals surface area contributed by atoms with E-state index >= 15 is 0 Å². The second kappa shape index (κ2) is 5.47. The lowest BCUT2D eigenvalue weighted by molar-refractivity contribution is 0.0522. The number of likely N-dealkylation sites (tertiary alicyclic amines) is 1. The monoisotopic (exact) mass is 272 g/mol. The van der Waals surface area contributed by atoms with Gasteiger partial charge in [0.2, 0.25) is 0 Å². The Morgan fingerprint density at radius 2 is 1.95 bits per heavy atom. The van der Waals surface area contributed by atoms with Crippen LogP contribution in [0.1, 0.15) is 48.0 Å². The fourth-order valence-electron chi connectivity index (χ4n) is 3.81. The van der Waals surface area contributed by atoms with E-state index in [-0.39, 0.29) is 5.91 Å². The van der Waals surface area contributed by atoms with E-state index in [0.29, 0.717) is 17.2 Å². The first kappa shape index (κ1) is 13.5. The van der Waals surface area contributed by atoms with Gasteiger partial charge in [-0.15, -0.1) is 0 Å². The molecule has 1 heterocycles. The number of rotatable bonds is 1. The maximum absolute atomic E-state index is 12.7. The van der Waals surface area contributed by atoms with Crippen molar-refractivity contribution in [2.45, 2.75) is 39.0 Å². The molecule has 1 aliphatic heterocycles. The molecule has 3 heteroatoms. The fourth-order valence-corrected chi connectivity index (χ4v) is 3.81. The van der Waals surface area contributed by atoms with E-state index in [4.69, 9.17) is 5.73 Å². The van der Waals surface area contributed by atoms with Gasteiger partial charge in [0.25, 0.3) is 5.91 Å². The number of aryl methyl sites for hydroxylation is 1. The summed E-state index contributed by atoms with van der Waals surface area (Å²) < 4.78 is 0. The lowest BCUT2D eigenvalue weighted by Gasteiger charge is -2.41. The van der Waals surface area contributed by atoms with E-state index < -0.39 is 0 Å². The number of carbonyl (C=O) groups is 1. The van der Waals surface area contributed by atoms with Crippen LogP contribution in [0, 0.1) is 18.8 Å². The summed E-state index contributed by atoms with van der Waals surface area (Å²) in [6.45, 7) is 3.83. The Bertz CT molecular complexity index is 512. The average Bonchev–Trinajstić information content (AvgIpc) is 2.48. The van der Waals surface area contributed by atoms with Crippen molar-refractivity contribution in [2.24, 2.45) is 11.8 Å².